The van der Waals surface area contributed by atoms with Crippen LogP contribution in [0, 0.1) is 11.8 Å². The number of unbranched alkanes of at least 4 members (excludes halogenated alkanes) is 10. The normalized spacial score (nSPS) is 20.8. The van der Waals surface area contributed by atoms with Crippen LogP contribution in [0.5, 0.6) is 0 Å². The van der Waals surface area contributed by atoms with Gasteiger partial charge in [-0.2, -0.15) is 0 Å². The SMILES string of the molecule is CCCCCCCCCCCCC#Cc1cn([C@H]2C[C@H](O)[C@@H](CO)O2)c(=O)[nH]c1=O. The Hall–Kier alpha value is -1.88. The fraction of sp³-hybridized carbons (Fsp3) is 0.739. The number of hydrogen-bond donors (Lipinski definition) is 3. The van der Waals surface area contributed by atoms with Gasteiger partial charge in [-0.1, -0.05) is 76.6 Å². The summed E-state index contributed by atoms with van der Waals surface area (Å²) in [4.78, 5) is 26.4. The molecule has 0 bridgehead atoms. The fourth-order valence-corrected chi connectivity index (χ4v) is 3.70. The van der Waals surface area contributed by atoms with E-state index in [-0.39, 0.29) is 18.6 Å². The molecule has 0 amide bonds. The number of aliphatic hydroxyl groups is 2. The Bertz CT molecular complexity index is 804. The minimum atomic E-state index is -0.857. The van der Waals surface area contributed by atoms with Gasteiger partial charge in [-0.05, 0) is 6.42 Å². The molecule has 1 aliphatic rings. The second-order valence-electron chi connectivity index (χ2n) is 8.06. The van der Waals surface area contributed by atoms with E-state index in [2.05, 4.69) is 23.7 Å². The number of rotatable bonds is 12. The van der Waals surface area contributed by atoms with Crippen LogP contribution < -0.4 is 11.2 Å². The third-order valence-electron chi connectivity index (χ3n) is 5.54. The topological polar surface area (TPSA) is 105 Å². The molecule has 1 aromatic heterocycles. The van der Waals surface area contributed by atoms with E-state index in [9.17, 15) is 19.8 Å². The van der Waals surface area contributed by atoms with Crippen LogP contribution in [0.4, 0.5) is 0 Å². The van der Waals surface area contributed by atoms with Gasteiger partial charge < -0.3 is 14.9 Å². The van der Waals surface area contributed by atoms with E-state index >= 15 is 0 Å². The molecule has 0 unspecified atom stereocenters. The molecular weight excluding hydrogens is 384 g/mol. The van der Waals surface area contributed by atoms with Crippen molar-refractivity contribution in [3.05, 3.63) is 32.6 Å². The first-order valence-corrected chi connectivity index (χ1v) is 11.4. The van der Waals surface area contributed by atoms with Gasteiger partial charge in [0.05, 0.1) is 12.7 Å². The number of nitrogens with one attached hydrogen (secondary N) is 1. The van der Waals surface area contributed by atoms with E-state index in [1.165, 1.54) is 62.1 Å². The Morgan fingerprint density at radius 3 is 2.33 bits per heavy atom. The van der Waals surface area contributed by atoms with Crippen LogP contribution in [0.1, 0.15) is 95.8 Å². The number of hydrogen-bond acceptors (Lipinski definition) is 5. The van der Waals surface area contributed by atoms with Crippen LogP contribution in [0.15, 0.2) is 15.8 Å². The minimum Gasteiger partial charge on any atom is -0.394 e. The molecule has 30 heavy (non-hydrogen) atoms. The van der Waals surface area contributed by atoms with Crippen molar-refractivity contribution in [3.63, 3.8) is 0 Å². The van der Waals surface area contributed by atoms with Crippen molar-refractivity contribution < 1.29 is 14.9 Å². The van der Waals surface area contributed by atoms with Crippen molar-refractivity contribution in [2.75, 3.05) is 6.61 Å². The van der Waals surface area contributed by atoms with Crippen molar-refractivity contribution in [1.29, 1.82) is 0 Å². The third kappa shape index (κ3) is 7.75. The molecule has 0 aliphatic carbocycles. The summed E-state index contributed by atoms with van der Waals surface area (Å²) in [6, 6.07) is 0. The summed E-state index contributed by atoms with van der Waals surface area (Å²) >= 11 is 0. The van der Waals surface area contributed by atoms with Gasteiger partial charge in [0.25, 0.3) is 5.56 Å². The van der Waals surface area contributed by atoms with E-state index < -0.39 is 29.7 Å². The van der Waals surface area contributed by atoms with E-state index in [0.29, 0.717) is 6.42 Å². The van der Waals surface area contributed by atoms with Crippen LogP contribution in [0.2, 0.25) is 0 Å². The van der Waals surface area contributed by atoms with E-state index in [1.54, 1.807) is 0 Å². The summed E-state index contributed by atoms with van der Waals surface area (Å²) in [7, 11) is 0. The Morgan fingerprint density at radius 2 is 1.73 bits per heavy atom. The minimum absolute atomic E-state index is 0.169. The maximum atomic E-state index is 12.1. The van der Waals surface area contributed by atoms with Gasteiger partial charge in [-0.15, -0.1) is 0 Å². The third-order valence-corrected chi connectivity index (χ3v) is 5.54. The number of H-pyrrole nitrogens is 1. The largest absolute Gasteiger partial charge is 0.394 e. The molecule has 1 saturated heterocycles. The Balaban J connectivity index is 1.76. The first kappa shape index (κ1) is 24.4. The van der Waals surface area contributed by atoms with Gasteiger partial charge in [0, 0.05) is 19.0 Å². The summed E-state index contributed by atoms with van der Waals surface area (Å²) in [5.41, 5.74) is -0.938. The standard InChI is InChI=1S/C23H36N2O5/c1-2-3-4-5-6-7-8-9-10-11-12-13-14-18-16-25(23(29)24-22(18)28)21-15-19(27)20(17-26)30-21/h16,19-21,26-27H,2-12,15,17H2,1H3,(H,24,28,29)/t19-,20+,21+/m0/s1. The maximum absolute atomic E-state index is 12.1. The lowest BCUT2D eigenvalue weighted by atomic mass is 10.1. The molecule has 2 rings (SSSR count). The summed E-state index contributed by atoms with van der Waals surface area (Å²) in [6.07, 6.45) is 12.5. The number of nitrogens with zero attached hydrogens (tertiary/aromatic N) is 1. The highest BCUT2D eigenvalue weighted by atomic mass is 16.5. The Morgan fingerprint density at radius 1 is 1.10 bits per heavy atom. The molecule has 0 spiro atoms. The zero-order valence-corrected chi connectivity index (χ0v) is 18.1. The molecule has 2 heterocycles. The monoisotopic (exact) mass is 420 g/mol. The van der Waals surface area contributed by atoms with Gasteiger partial charge in [-0.25, -0.2) is 4.79 Å². The van der Waals surface area contributed by atoms with Gasteiger partial charge in [0.1, 0.15) is 17.9 Å². The predicted octanol–water partition coefficient (Wildman–Crippen LogP) is 2.84. The molecular formula is C23H36N2O5. The fourth-order valence-electron chi connectivity index (χ4n) is 3.70. The summed E-state index contributed by atoms with van der Waals surface area (Å²) in [5, 5.41) is 19.1. The quantitative estimate of drug-likeness (QED) is 0.356. The van der Waals surface area contributed by atoms with Crippen molar-refractivity contribution in [2.45, 2.75) is 102 Å². The lowest BCUT2D eigenvalue weighted by Crippen LogP contribution is -2.33. The van der Waals surface area contributed by atoms with Gasteiger partial charge in [0.2, 0.25) is 0 Å². The van der Waals surface area contributed by atoms with E-state index in [4.69, 9.17) is 4.74 Å². The molecule has 1 aromatic rings. The number of ether oxygens (including phenoxy) is 1. The van der Waals surface area contributed by atoms with Crippen molar-refractivity contribution in [3.8, 4) is 11.8 Å². The second-order valence-corrected chi connectivity index (χ2v) is 8.06. The van der Waals surface area contributed by atoms with Crippen LogP contribution in [-0.2, 0) is 4.74 Å². The van der Waals surface area contributed by atoms with Crippen molar-refractivity contribution in [1.82, 2.24) is 9.55 Å². The van der Waals surface area contributed by atoms with Gasteiger partial charge in [0.15, 0.2) is 0 Å². The van der Waals surface area contributed by atoms with Crippen LogP contribution in [0.25, 0.3) is 0 Å². The lowest BCUT2D eigenvalue weighted by molar-refractivity contribution is -0.0459. The first-order valence-electron chi connectivity index (χ1n) is 11.4. The van der Waals surface area contributed by atoms with Crippen LogP contribution in [-0.4, -0.2) is 38.6 Å². The Kier molecular flexibility index (Phi) is 10.9. The van der Waals surface area contributed by atoms with Crippen molar-refractivity contribution >= 4 is 0 Å². The summed E-state index contributed by atoms with van der Waals surface area (Å²) in [6.45, 7) is 1.90. The molecule has 0 radical (unpaired) electrons. The molecule has 0 aromatic carbocycles. The zero-order valence-electron chi connectivity index (χ0n) is 18.1. The van der Waals surface area contributed by atoms with E-state index in [0.717, 1.165) is 12.8 Å². The first-order chi connectivity index (χ1) is 14.6. The molecule has 3 atom stereocenters. The van der Waals surface area contributed by atoms with Gasteiger partial charge in [-0.3, -0.25) is 14.3 Å². The second kappa shape index (κ2) is 13.4. The molecule has 168 valence electrons. The Labute approximate surface area is 178 Å². The zero-order chi connectivity index (χ0) is 21.8. The average molecular weight is 421 g/mol. The maximum Gasteiger partial charge on any atom is 0.330 e. The smallest absolute Gasteiger partial charge is 0.330 e. The summed E-state index contributed by atoms with van der Waals surface area (Å²) in [5.74, 6) is 5.87. The van der Waals surface area contributed by atoms with Crippen LogP contribution in [0.3, 0.4) is 0 Å². The number of aromatic nitrogens is 2. The molecule has 1 fully saturated rings. The highest BCUT2D eigenvalue weighted by Gasteiger charge is 2.35. The number of aliphatic hydroxyl groups excluding tert-OH is 2. The van der Waals surface area contributed by atoms with Gasteiger partial charge >= 0.3 is 5.69 Å². The molecule has 7 heteroatoms. The molecule has 1 aliphatic heterocycles. The average Bonchev–Trinajstić information content (AvgIpc) is 3.10. The highest BCUT2D eigenvalue weighted by molar-refractivity contribution is 5.29. The van der Waals surface area contributed by atoms with Crippen LogP contribution >= 0.6 is 0 Å². The highest BCUT2D eigenvalue weighted by Crippen LogP contribution is 2.27. The van der Waals surface area contributed by atoms with Crippen molar-refractivity contribution in [2.24, 2.45) is 0 Å². The molecule has 0 saturated carbocycles. The number of aromatic amines is 1. The van der Waals surface area contributed by atoms with E-state index in [1.807, 2.05) is 0 Å². The molecule has 7 nitrogen and oxygen atoms in total. The lowest BCUT2D eigenvalue weighted by Gasteiger charge is -2.14. The molecule has 3 N–H and O–H groups in total. The summed E-state index contributed by atoms with van der Waals surface area (Å²) < 4.78 is 6.72. The predicted molar refractivity (Wildman–Crippen MR) is 116 cm³/mol.